The number of thiophene rings is 1. The number of urea groups is 1. The molecule has 1 aromatic heterocycles. The third kappa shape index (κ3) is 4.95. The first-order valence-electron chi connectivity index (χ1n) is 11.8. The predicted octanol–water partition coefficient (Wildman–Crippen LogP) is 2.77. The van der Waals surface area contributed by atoms with Gasteiger partial charge in [0.15, 0.2) is 0 Å². The first-order chi connectivity index (χ1) is 16.4. The Balaban J connectivity index is 1.58. The molecule has 0 saturated carbocycles. The lowest BCUT2D eigenvalue weighted by atomic mass is 9.92. The van der Waals surface area contributed by atoms with E-state index in [9.17, 15) is 14.4 Å². The number of hydrogen-bond donors (Lipinski definition) is 1. The fraction of sp³-hybridized carbons (Fsp3) is 0.480. The molecular weight excluding hydrogens is 450 g/mol. The number of benzene rings is 1. The summed E-state index contributed by atoms with van der Waals surface area (Å²) >= 11 is 1.67. The van der Waals surface area contributed by atoms with Crippen molar-refractivity contribution in [3.8, 4) is 0 Å². The average Bonchev–Trinajstić information content (AvgIpc) is 3.35. The summed E-state index contributed by atoms with van der Waals surface area (Å²) in [6.07, 6.45) is 0.983. The number of carbonyl (C=O) groups is 3. The first-order valence-corrected chi connectivity index (χ1v) is 12.7. The number of hydrazine groups is 1. The highest BCUT2D eigenvalue weighted by Gasteiger charge is 2.51. The predicted molar refractivity (Wildman–Crippen MR) is 132 cm³/mol. The molecule has 3 atom stereocenters. The van der Waals surface area contributed by atoms with Crippen molar-refractivity contribution in [2.24, 2.45) is 5.92 Å². The average molecular weight is 484 g/mol. The van der Waals surface area contributed by atoms with Gasteiger partial charge in [-0.3, -0.25) is 9.59 Å². The third-order valence-electron chi connectivity index (χ3n) is 6.76. The monoisotopic (exact) mass is 483 g/mol. The Labute approximate surface area is 205 Å². The number of rotatable bonds is 7. The van der Waals surface area contributed by atoms with E-state index in [1.807, 2.05) is 60.5 Å². The van der Waals surface area contributed by atoms with E-state index in [4.69, 9.17) is 0 Å². The summed E-state index contributed by atoms with van der Waals surface area (Å²) in [5.41, 5.74) is 0.998. The van der Waals surface area contributed by atoms with Crippen LogP contribution in [-0.4, -0.2) is 76.6 Å². The maximum absolute atomic E-state index is 13.6. The highest BCUT2D eigenvalue weighted by atomic mass is 32.1. The zero-order valence-electron chi connectivity index (χ0n) is 20.0. The number of hydrogen-bond acceptors (Lipinski definition) is 5. The minimum atomic E-state index is -0.572. The first kappa shape index (κ1) is 24.2. The Morgan fingerprint density at radius 1 is 1.18 bits per heavy atom. The molecule has 1 unspecified atom stereocenters. The molecule has 0 radical (unpaired) electrons. The molecule has 0 aliphatic carbocycles. The SMILES string of the molecule is CCC(C)[C@H]1C(=O)N(CCc2cccs2)C[C@H]2N1C(=O)CN(C)N2C(=O)NCc1ccccc1. The van der Waals surface area contributed by atoms with E-state index in [1.165, 1.54) is 4.88 Å². The molecule has 3 heterocycles. The molecule has 4 amide bonds. The van der Waals surface area contributed by atoms with Crippen LogP contribution in [0.2, 0.25) is 0 Å². The Hall–Kier alpha value is -2.91. The van der Waals surface area contributed by atoms with E-state index in [1.54, 1.807) is 33.3 Å². The molecule has 4 rings (SSSR count). The summed E-state index contributed by atoms with van der Waals surface area (Å²) in [5, 5.41) is 8.31. The molecule has 2 aliphatic rings. The summed E-state index contributed by atoms with van der Waals surface area (Å²) in [4.78, 5) is 44.8. The summed E-state index contributed by atoms with van der Waals surface area (Å²) in [6, 6.07) is 13.0. The second-order valence-corrected chi connectivity index (χ2v) is 10.1. The van der Waals surface area contributed by atoms with Crippen LogP contribution in [0.15, 0.2) is 47.8 Å². The van der Waals surface area contributed by atoms with Gasteiger partial charge in [-0.25, -0.2) is 14.8 Å². The number of amides is 4. The molecule has 9 heteroatoms. The van der Waals surface area contributed by atoms with Crippen LogP contribution in [0.5, 0.6) is 0 Å². The fourth-order valence-corrected chi connectivity index (χ4v) is 5.45. The number of piperazine rings is 1. The van der Waals surface area contributed by atoms with Crippen LogP contribution in [0, 0.1) is 5.92 Å². The molecule has 0 bridgehead atoms. The largest absolute Gasteiger partial charge is 0.337 e. The normalized spacial score (nSPS) is 22.0. The van der Waals surface area contributed by atoms with Crippen LogP contribution >= 0.6 is 11.3 Å². The van der Waals surface area contributed by atoms with Gasteiger partial charge >= 0.3 is 6.03 Å². The standard InChI is InChI=1S/C25H33N5O3S/c1-4-18(2)23-24(32)28(13-12-20-11-8-14-34-20)16-21-29(23)22(31)17-27(3)30(21)25(33)26-15-19-9-6-5-7-10-19/h5-11,14,18,21,23H,4,12-13,15-17H2,1-3H3,(H,26,33)/t18?,21-,23-/m0/s1. The van der Waals surface area contributed by atoms with Gasteiger partial charge in [0.25, 0.3) is 0 Å². The van der Waals surface area contributed by atoms with E-state index < -0.39 is 12.2 Å². The van der Waals surface area contributed by atoms with Crippen LogP contribution in [0.3, 0.4) is 0 Å². The molecule has 2 saturated heterocycles. The second-order valence-electron chi connectivity index (χ2n) is 9.03. The van der Waals surface area contributed by atoms with E-state index in [0.29, 0.717) is 19.6 Å². The molecule has 1 N–H and O–H groups in total. The third-order valence-corrected chi connectivity index (χ3v) is 7.69. The molecule has 2 aromatic rings. The van der Waals surface area contributed by atoms with Crippen LogP contribution < -0.4 is 5.32 Å². The smallest absolute Gasteiger partial charge is 0.334 e. The molecule has 8 nitrogen and oxygen atoms in total. The van der Waals surface area contributed by atoms with Gasteiger partial charge in [-0.15, -0.1) is 11.3 Å². The van der Waals surface area contributed by atoms with Gasteiger partial charge in [-0.05, 0) is 29.3 Å². The van der Waals surface area contributed by atoms with Crippen molar-refractivity contribution in [3.05, 3.63) is 58.3 Å². The topological polar surface area (TPSA) is 76.2 Å². The van der Waals surface area contributed by atoms with Crippen molar-refractivity contribution in [2.45, 2.75) is 45.4 Å². The molecule has 34 heavy (non-hydrogen) atoms. The number of fused-ring (bicyclic) bond motifs is 1. The van der Waals surface area contributed by atoms with Gasteiger partial charge in [0, 0.05) is 25.0 Å². The fourth-order valence-electron chi connectivity index (χ4n) is 4.75. The Bertz CT molecular complexity index is 999. The molecule has 1 aromatic carbocycles. The van der Waals surface area contributed by atoms with Gasteiger partial charge in [0.1, 0.15) is 12.2 Å². The van der Waals surface area contributed by atoms with Crippen LogP contribution in [-0.2, 0) is 22.6 Å². The Morgan fingerprint density at radius 2 is 1.94 bits per heavy atom. The van der Waals surface area contributed by atoms with Crippen LogP contribution in [0.25, 0.3) is 0 Å². The number of likely N-dealkylation sites (N-methyl/N-ethyl adjacent to an activating group) is 1. The zero-order valence-corrected chi connectivity index (χ0v) is 20.8. The molecule has 2 aliphatic heterocycles. The minimum absolute atomic E-state index is 0.0128. The van der Waals surface area contributed by atoms with Gasteiger partial charge in [0.2, 0.25) is 11.8 Å². The van der Waals surface area contributed by atoms with Gasteiger partial charge in [0.05, 0.1) is 13.1 Å². The molecular formula is C25H33N5O3S. The number of nitrogens with one attached hydrogen (secondary N) is 1. The van der Waals surface area contributed by atoms with Crippen molar-refractivity contribution < 1.29 is 14.4 Å². The molecule has 182 valence electrons. The zero-order chi connectivity index (χ0) is 24.2. The lowest BCUT2D eigenvalue weighted by Crippen LogP contribution is -2.76. The van der Waals surface area contributed by atoms with Gasteiger partial charge < -0.3 is 15.1 Å². The van der Waals surface area contributed by atoms with E-state index >= 15 is 0 Å². The van der Waals surface area contributed by atoms with Crippen molar-refractivity contribution in [1.82, 2.24) is 25.1 Å². The summed E-state index contributed by atoms with van der Waals surface area (Å²) in [5.74, 6) is -0.151. The number of nitrogens with zero attached hydrogens (tertiary/aromatic N) is 4. The Kier molecular flexibility index (Phi) is 7.53. The second kappa shape index (κ2) is 10.6. The van der Waals surface area contributed by atoms with E-state index in [0.717, 1.165) is 18.4 Å². The van der Waals surface area contributed by atoms with Crippen molar-refractivity contribution in [3.63, 3.8) is 0 Å². The highest BCUT2D eigenvalue weighted by Crippen LogP contribution is 2.30. The molecule has 2 fully saturated rings. The lowest BCUT2D eigenvalue weighted by molar-refractivity contribution is -0.190. The minimum Gasteiger partial charge on any atom is -0.337 e. The summed E-state index contributed by atoms with van der Waals surface area (Å²) < 4.78 is 0. The quantitative estimate of drug-likeness (QED) is 0.657. The van der Waals surface area contributed by atoms with E-state index in [-0.39, 0.29) is 30.3 Å². The summed E-state index contributed by atoms with van der Waals surface area (Å²) in [6.45, 7) is 5.35. The van der Waals surface area contributed by atoms with Crippen molar-refractivity contribution in [2.75, 3.05) is 26.7 Å². The lowest BCUT2D eigenvalue weighted by Gasteiger charge is -2.55. The van der Waals surface area contributed by atoms with Crippen LogP contribution in [0.1, 0.15) is 30.7 Å². The highest BCUT2D eigenvalue weighted by molar-refractivity contribution is 7.09. The van der Waals surface area contributed by atoms with Crippen molar-refractivity contribution in [1.29, 1.82) is 0 Å². The maximum Gasteiger partial charge on any atom is 0.334 e. The summed E-state index contributed by atoms with van der Waals surface area (Å²) in [7, 11) is 1.75. The van der Waals surface area contributed by atoms with Crippen LogP contribution in [0.4, 0.5) is 4.79 Å². The number of carbonyl (C=O) groups excluding carboxylic acids is 3. The van der Waals surface area contributed by atoms with Crippen molar-refractivity contribution >= 4 is 29.2 Å². The molecule has 0 spiro atoms. The van der Waals surface area contributed by atoms with E-state index in [2.05, 4.69) is 11.4 Å². The Morgan fingerprint density at radius 3 is 2.62 bits per heavy atom. The maximum atomic E-state index is 13.6. The van der Waals surface area contributed by atoms with Gasteiger partial charge in [-0.1, -0.05) is 56.7 Å². The van der Waals surface area contributed by atoms with Gasteiger partial charge in [-0.2, -0.15) is 0 Å².